The Balaban J connectivity index is 1.83. The largest absolute Gasteiger partial charge is 0.303 e. The van der Waals surface area contributed by atoms with E-state index in [-0.39, 0.29) is 6.04 Å². The molecule has 0 unspecified atom stereocenters. The normalized spacial score (nSPS) is 18.4. The molecule has 0 spiro atoms. The third kappa shape index (κ3) is 3.42. The number of benzene rings is 1. The Morgan fingerprint density at radius 2 is 2.00 bits per heavy atom. The molecule has 0 amide bonds. The molecule has 98 valence electrons. The predicted octanol–water partition coefficient (Wildman–Crippen LogP) is 3.24. The molecule has 1 aromatic rings. The van der Waals surface area contributed by atoms with Gasteiger partial charge in [-0.2, -0.15) is 0 Å². The summed E-state index contributed by atoms with van der Waals surface area (Å²) in [6.45, 7) is 3.03. The zero-order valence-electron chi connectivity index (χ0n) is 11.2. The summed E-state index contributed by atoms with van der Waals surface area (Å²) in [4.78, 5) is 12.1. The fraction of sp³-hybridized carbons (Fsp3) is 0.562. The van der Waals surface area contributed by atoms with E-state index in [2.05, 4.69) is 36.5 Å². The lowest BCUT2D eigenvalue weighted by Crippen LogP contribution is -2.41. The van der Waals surface area contributed by atoms with Gasteiger partial charge < -0.3 is 5.32 Å². The van der Waals surface area contributed by atoms with E-state index >= 15 is 0 Å². The minimum absolute atomic E-state index is 0.0431. The molecular formula is C16H23NO. The van der Waals surface area contributed by atoms with Crippen LogP contribution in [0.25, 0.3) is 0 Å². The molecule has 0 aromatic heterocycles. The number of Topliss-reactive ketones (excluding diaryl/α,β-unsaturated/α-hetero) is 1. The highest BCUT2D eigenvalue weighted by Gasteiger charge is 2.22. The molecule has 0 fully saturated rings. The van der Waals surface area contributed by atoms with Gasteiger partial charge in [0.25, 0.3) is 0 Å². The number of ketones is 1. The van der Waals surface area contributed by atoms with Crippen molar-refractivity contribution in [1.82, 2.24) is 5.32 Å². The maximum Gasteiger partial charge on any atom is 0.150 e. The van der Waals surface area contributed by atoms with Gasteiger partial charge in [0, 0.05) is 13.0 Å². The lowest BCUT2D eigenvalue weighted by molar-refractivity contribution is -0.121. The average molecular weight is 245 g/mol. The number of carbonyl (C=O) groups excluding carboxylic acids is 1. The second-order valence-electron chi connectivity index (χ2n) is 5.18. The van der Waals surface area contributed by atoms with Crippen LogP contribution in [0.2, 0.25) is 0 Å². The fourth-order valence-electron chi connectivity index (χ4n) is 2.58. The molecule has 1 aliphatic rings. The molecule has 0 saturated carbocycles. The van der Waals surface area contributed by atoms with Crippen LogP contribution in [-0.2, 0) is 17.8 Å². The minimum atomic E-state index is 0.0431. The number of unbranched alkanes of at least 4 members (excludes halogenated alkanes) is 3. The summed E-state index contributed by atoms with van der Waals surface area (Å²) in [6.07, 6.45) is 6.30. The second kappa shape index (κ2) is 6.69. The van der Waals surface area contributed by atoms with Gasteiger partial charge in [-0.15, -0.1) is 0 Å². The molecule has 2 nitrogen and oxygen atoms in total. The van der Waals surface area contributed by atoms with Crippen molar-refractivity contribution >= 4 is 5.78 Å². The summed E-state index contributed by atoms with van der Waals surface area (Å²) in [7, 11) is 0. The lowest BCUT2D eigenvalue weighted by Gasteiger charge is -2.25. The van der Waals surface area contributed by atoms with Gasteiger partial charge in [-0.05, 0) is 24.0 Å². The molecule has 1 aliphatic heterocycles. The van der Waals surface area contributed by atoms with Crippen LogP contribution in [0, 0.1) is 0 Å². The Morgan fingerprint density at radius 1 is 1.22 bits per heavy atom. The summed E-state index contributed by atoms with van der Waals surface area (Å²) in [6, 6.07) is 8.46. The van der Waals surface area contributed by atoms with E-state index in [0.717, 1.165) is 25.8 Å². The highest BCUT2D eigenvalue weighted by molar-refractivity contribution is 5.84. The van der Waals surface area contributed by atoms with Crippen LogP contribution in [-0.4, -0.2) is 11.8 Å². The first-order valence-corrected chi connectivity index (χ1v) is 7.14. The van der Waals surface area contributed by atoms with E-state index < -0.39 is 0 Å². The summed E-state index contributed by atoms with van der Waals surface area (Å²) < 4.78 is 0. The van der Waals surface area contributed by atoms with Gasteiger partial charge >= 0.3 is 0 Å². The minimum Gasteiger partial charge on any atom is -0.303 e. The van der Waals surface area contributed by atoms with Crippen LogP contribution in [0.5, 0.6) is 0 Å². The van der Waals surface area contributed by atoms with E-state index in [9.17, 15) is 4.79 Å². The van der Waals surface area contributed by atoms with Gasteiger partial charge in [-0.1, -0.05) is 50.5 Å². The van der Waals surface area contributed by atoms with Crippen LogP contribution in [0.1, 0.15) is 50.2 Å². The first-order valence-electron chi connectivity index (χ1n) is 7.14. The van der Waals surface area contributed by atoms with E-state index in [0.29, 0.717) is 5.78 Å². The summed E-state index contributed by atoms with van der Waals surface area (Å²) in [5.74, 6) is 0.389. The summed E-state index contributed by atoms with van der Waals surface area (Å²) >= 11 is 0. The maximum atomic E-state index is 12.1. The standard InChI is InChI=1S/C16H23NO/c1-2-3-4-5-10-16(18)15-11-13-8-6-7-9-14(13)12-17-15/h6-9,15,17H,2-5,10-12H2,1H3/t15-/m0/s1. The Bertz CT molecular complexity index is 400. The van der Waals surface area contributed by atoms with E-state index in [4.69, 9.17) is 0 Å². The molecule has 2 heteroatoms. The number of hydrogen-bond donors (Lipinski definition) is 1. The third-order valence-electron chi connectivity index (χ3n) is 3.75. The van der Waals surface area contributed by atoms with Gasteiger partial charge in [0.05, 0.1) is 6.04 Å². The van der Waals surface area contributed by atoms with Gasteiger partial charge in [0.15, 0.2) is 0 Å². The SMILES string of the molecule is CCCCCCC(=O)[C@@H]1Cc2ccccc2CN1. The fourth-order valence-corrected chi connectivity index (χ4v) is 2.58. The quantitative estimate of drug-likeness (QED) is 0.780. The van der Waals surface area contributed by atoms with Crippen LogP contribution in [0.15, 0.2) is 24.3 Å². The van der Waals surface area contributed by atoms with Crippen molar-refractivity contribution in [2.75, 3.05) is 0 Å². The molecule has 0 saturated heterocycles. The van der Waals surface area contributed by atoms with Crippen molar-refractivity contribution in [2.24, 2.45) is 0 Å². The lowest BCUT2D eigenvalue weighted by atomic mass is 9.92. The number of fused-ring (bicyclic) bond motifs is 1. The Labute approximate surface area is 110 Å². The Hall–Kier alpha value is -1.15. The molecule has 1 N–H and O–H groups in total. The van der Waals surface area contributed by atoms with Crippen molar-refractivity contribution in [2.45, 2.75) is 58.0 Å². The van der Waals surface area contributed by atoms with Crippen LogP contribution in [0.4, 0.5) is 0 Å². The van der Waals surface area contributed by atoms with E-state index in [1.165, 1.54) is 30.4 Å². The predicted molar refractivity (Wildman–Crippen MR) is 74.5 cm³/mol. The second-order valence-corrected chi connectivity index (χ2v) is 5.18. The van der Waals surface area contributed by atoms with Crippen LogP contribution < -0.4 is 5.32 Å². The molecule has 1 atom stereocenters. The third-order valence-corrected chi connectivity index (χ3v) is 3.75. The van der Waals surface area contributed by atoms with Crippen LogP contribution >= 0.6 is 0 Å². The molecule has 0 bridgehead atoms. The Morgan fingerprint density at radius 3 is 2.78 bits per heavy atom. The zero-order valence-corrected chi connectivity index (χ0v) is 11.2. The monoisotopic (exact) mass is 245 g/mol. The number of carbonyl (C=O) groups is 1. The number of nitrogens with one attached hydrogen (secondary N) is 1. The molecule has 1 aromatic carbocycles. The van der Waals surface area contributed by atoms with Crippen molar-refractivity contribution in [3.63, 3.8) is 0 Å². The van der Waals surface area contributed by atoms with Crippen molar-refractivity contribution in [3.05, 3.63) is 35.4 Å². The maximum absolute atomic E-state index is 12.1. The van der Waals surface area contributed by atoms with Crippen molar-refractivity contribution < 1.29 is 4.79 Å². The number of hydrogen-bond acceptors (Lipinski definition) is 2. The van der Waals surface area contributed by atoms with E-state index in [1.54, 1.807) is 0 Å². The highest BCUT2D eigenvalue weighted by Crippen LogP contribution is 2.18. The Kier molecular flexibility index (Phi) is 4.94. The van der Waals surface area contributed by atoms with Gasteiger partial charge in [0.1, 0.15) is 5.78 Å². The van der Waals surface area contributed by atoms with Crippen molar-refractivity contribution in [3.8, 4) is 0 Å². The van der Waals surface area contributed by atoms with Crippen molar-refractivity contribution in [1.29, 1.82) is 0 Å². The molecule has 0 radical (unpaired) electrons. The number of rotatable bonds is 6. The smallest absolute Gasteiger partial charge is 0.150 e. The van der Waals surface area contributed by atoms with E-state index in [1.807, 2.05) is 0 Å². The summed E-state index contributed by atoms with van der Waals surface area (Å²) in [5, 5.41) is 3.37. The highest BCUT2D eigenvalue weighted by atomic mass is 16.1. The molecular weight excluding hydrogens is 222 g/mol. The van der Waals surface area contributed by atoms with Gasteiger partial charge in [0.2, 0.25) is 0 Å². The van der Waals surface area contributed by atoms with Gasteiger partial charge in [-0.3, -0.25) is 4.79 Å². The molecule has 18 heavy (non-hydrogen) atoms. The molecule has 1 heterocycles. The summed E-state index contributed by atoms with van der Waals surface area (Å²) in [5.41, 5.74) is 2.68. The molecule has 2 rings (SSSR count). The first-order chi connectivity index (χ1) is 8.81. The molecule has 0 aliphatic carbocycles. The topological polar surface area (TPSA) is 29.1 Å². The first kappa shape index (κ1) is 13.3. The van der Waals surface area contributed by atoms with Gasteiger partial charge in [-0.25, -0.2) is 0 Å². The zero-order chi connectivity index (χ0) is 12.8. The van der Waals surface area contributed by atoms with Crippen LogP contribution in [0.3, 0.4) is 0 Å². The average Bonchev–Trinajstić information content (AvgIpc) is 2.43.